The fourth-order valence-corrected chi connectivity index (χ4v) is 4.86. The largest absolute Gasteiger partial charge is 0.418 e. The minimum atomic E-state index is -4.68. The standard InChI is InChI=1S/C28H21F3N6O2/c29-28(30,31)20-13-16(7-8-21(20)33-12-2-11-32)35-27(39)19-14-34-37(25(19)15-5-6-15)23-10-9-22-24-17(23)3-1-4-18(24)26(38)36-22/h1-4,7-15H,5-6,32H2,(H,35,39)(H,36,38). The highest BCUT2D eigenvalue weighted by Crippen LogP contribution is 2.44. The van der Waals surface area contributed by atoms with E-state index in [1.807, 2.05) is 12.1 Å². The van der Waals surface area contributed by atoms with E-state index in [0.717, 1.165) is 42.1 Å². The minimum Gasteiger partial charge on any atom is -0.405 e. The van der Waals surface area contributed by atoms with Crippen LogP contribution in [0.25, 0.3) is 16.5 Å². The molecule has 4 N–H and O–H groups in total. The second-order valence-corrected chi connectivity index (χ2v) is 9.29. The fourth-order valence-electron chi connectivity index (χ4n) is 4.86. The van der Waals surface area contributed by atoms with E-state index in [2.05, 4.69) is 20.7 Å². The van der Waals surface area contributed by atoms with Crippen LogP contribution in [0.15, 0.2) is 72.0 Å². The van der Waals surface area contributed by atoms with Crippen molar-refractivity contribution in [3.8, 4) is 5.69 Å². The summed E-state index contributed by atoms with van der Waals surface area (Å²) < 4.78 is 42.8. The third-order valence-electron chi connectivity index (χ3n) is 6.72. The number of allylic oxidation sites excluding steroid dienone is 1. The number of halogens is 3. The molecule has 1 aliphatic carbocycles. The third-order valence-corrected chi connectivity index (χ3v) is 6.72. The monoisotopic (exact) mass is 530 g/mol. The molecule has 0 radical (unpaired) electrons. The Bertz CT molecular complexity index is 1720. The number of amides is 2. The Balaban J connectivity index is 1.37. The van der Waals surface area contributed by atoms with Gasteiger partial charge in [0.1, 0.15) is 0 Å². The molecule has 2 amide bonds. The molecule has 1 aromatic heterocycles. The van der Waals surface area contributed by atoms with Gasteiger partial charge in [0.25, 0.3) is 11.8 Å². The van der Waals surface area contributed by atoms with Crippen molar-refractivity contribution in [1.82, 2.24) is 9.78 Å². The van der Waals surface area contributed by atoms with Gasteiger partial charge < -0.3 is 16.4 Å². The molecule has 196 valence electrons. The lowest BCUT2D eigenvalue weighted by molar-refractivity contribution is -0.137. The van der Waals surface area contributed by atoms with Gasteiger partial charge in [0, 0.05) is 39.8 Å². The van der Waals surface area contributed by atoms with E-state index in [0.29, 0.717) is 22.6 Å². The number of nitrogens with two attached hydrogens (primary N) is 1. The predicted octanol–water partition coefficient (Wildman–Crippen LogP) is 5.91. The Morgan fingerprint density at radius 2 is 2.00 bits per heavy atom. The molecule has 1 fully saturated rings. The maximum absolute atomic E-state index is 13.7. The highest BCUT2D eigenvalue weighted by Gasteiger charge is 2.36. The lowest BCUT2D eigenvalue weighted by atomic mass is 10.0. The summed E-state index contributed by atoms with van der Waals surface area (Å²) in [5.74, 6) is -0.670. The van der Waals surface area contributed by atoms with Crippen LogP contribution in [0.3, 0.4) is 0 Å². The van der Waals surface area contributed by atoms with Crippen molar-refractivity contribution in [3.63, 3.8) is 0 Å². The van der Waals surface area contributed by atoms with Gasteiger partial charge in [-0.15, -0.1) is 0 Å². The van der Waals surface area contributed by atoms with Crippen molar-refractivity contribution < 1.29 is 22.8 Å². The third kappa shape index (κ3) is 4.31. The quantitative estimate of drug-likeness (QED) is 0.269. The van der Waals surface area contributed by atoms with Crippen molar-refractivity contribution in [2.75, 3.05) is 10.6 Å². The van der Waals surface area contributed by atoms with E-state index in [9.17, 15) is 22.8 Å². The summed E-state index contributed by atoms with van der Waals surface area (Å²) in [4.78, 5) is 29.5. The molecule has 2 heterocycles. The number of benzene rings is 3. The summed E-state index contributed by atoms with van der Waals surface area (Å²) in [6.45, 7) is 0. The summed E-state index contributed by atoms with van der Waals surface area (Å²) in [7, 11) is 0. The molecule has 0 spiro atoms. The van der Waals surface area contributed by atoms with Gasteiger partial charge in [-0.2, -0.15) is 18.3 Å². The molecule has 1 saturated carbocycles. The maximum Gasteiger partial charge on any atom is 0.418 e. The zero-order valence-corrected chi connectivity index (χ0v) is 20.3. The van der Waals surface area contributed by atoms with Crippen LogP contribution < -0.4 is 16.4 Å². The highest BCUT2D eigenvalue weighted by atomic mass is 19.4. The lowest BCUT2D eigenvalue weighted by Gasteiger charge is -2.14. The molecule has 0 unspecified atom stereocenters. The number of hydrogen-bond donors (Lipinski definition) is 3. The van der Waals surface area contributed by atoms with Gasteiger partial charge >= 0.3 is 6.18 Å². The van der Waals surface area contributed by atoms with Gasteiger partial charge in [0.2, 0.25) is 0 Å². The molecule has 1 aliphatic heterocycles. The second kappa shape index (κ2) is 9.12. The Morgan fingerprint density at radius 1 is 1.18 bits per heavy atom. The number of carbonyl (C=O) groups is 2. The first-order chi connectivity index (χ1) is 18.8. The van der Waals surface area contributed by atoms with Gasteiger partial charge in [-0.1, -0.05) is 12.1 Å². The summed E-state index contributed by atoms with van der Waals surface area (Å²) in [6.07, 6.45) is 2.08. The highest BCUT2D eigenvalue weighted by molar-refractivity contribution is 6.25. The van der Waals surface area contributed by atoms with Gasteiger partial charge in [0.15, 0.2) is 0 Å². The van der Waals surface area contributed by atoms with E-state index in [1.54, 1.807) is 22.9 Å². The minimum absolute atomic E-state index is 0.0231. The second-order valence-electron chi connectivity index (χ2n) is 9.29. The Hall–Kier alpha value is -4.93. The molecular formula is C28H21F3N6O2. The molecule has 11 heteroatoms. The van der Waals surface area contributed by atoms with E-state index in [4.69, 9.17) is 5.73 Å². The number of aromatic nitrogens is 2. The normalized spacial score (nSPS) is 15.0. The Morgan fingerprint density at radius 3 is 2.74 bits per heavy atom. The molecular weight excluding hydrogens is 509 g/mol. The number of anilines is 2. The molecule has 0 saturated heterocycles. The van der Waals surface area contributed by atoms with E-state index >= 15 is 0 Å². The number of hydrogen-bond acceptors (Lipinski definition) is 5. The molecule has 39 heavy (non-hydrogen) atoms. The van der Waals surface area contributed by atoms with Crippen molar-refractivity contribution >= 4 is 45.9 Å². The molecule has 8 nitrogen and oxygen atoms in total. The van der Waals surface area contributed by atoms with Crippen LogP contribution in [-0.4, -0.2) is 27.8 Å². The van der Waals surface area contributed by atoms with Crippen molar-refractivity contribution in [2.24, 2.45) is 10.7 Å². The van der Waals surface area contributed by atoms with E-state index in [-0.39, 0.29) is 28.8 Å². The zero-order valence-electron chi connectivity index (χ0n) is 20.3. The molecule has 0 bridgehead atoms. The Kier molecular flexibility index (Phi) is 5.71. The summed E-state index contributed by atoms with van der Waals surface area (Å²) in [5.41, 5.74) is 6.83. The van der Waals surface area contributed by atoms with Crippen molar-refractivity contribution in [2.45, 2.75) is 24.9 Å². The van der Waals surface area contributed by atoms with Crippen LogP contribution in [0.2, 0.25) is 0 Å². The molecule has 2 aliphatic rings. The summed E-state index contributed by atoms with van der Waals surface area (Å²) >= 11 is 0. The first-order valence-corrected chi connectivity index (χ1v) is 12.1. The summed E-state index contributed by atoms with van der Waals surface area (Å²) in [5, 5.41) is 11.5. The first kappa shape index (κ1) is 24.4. The predicted molar refractivity (Wildman–Crippen MR) is 142 cm³/mol. The van der Waals surface area contributed by atoms with E-state index in [1.165, 1.54) is 24.4 Å². The van der Waals surface area contributed by atoms with Gasteiger partial charge in [-0.25, -0.2) is 4.68 Å². The fraction of sp³-hybridized carbons (Fsp3) is 0.143. The SMILES string of the molecule is NC=CC=Nc1ccc(NC(=O)c2cnn(-c3ccc4c5c(cccc35)C(=O)N4)c2C2CC2)cc1C(F)(F)F. The maximum atomic E-state index is 13.7. The van der Waals surface area contributed by atoms with Crippen molar-refractivity contribution in [3.05, 3.63) is 89.4 Å². The van der Waals surface area contributed by atoms with Gasteiger partial charge in [0.05, 0.1) is 34.4 Å². The molecule has 0 atom stereocenters. The van der Waals surface area contributed by atoms with Crippen LogP contribution in [0.1, 0.15) is 50.7 Å². The smallest absolute Gasteiger partial charge is 0.405 e. The van der Waals surface area contributed by atoms with E-state index < -0.39 is 17.6 Å². The average molecular weight is 531 g/mol. The van der Waals surface area contributed by atoms with Crippen LogP contribution in [0, 0.1) is 0 Å². The molecule has 3 aromatic carbocycles. The van der Waals surface area contributed by atoms with Gasteiger partial charge in [-0.05, 0) is 61.5 Å². The van der Waals surface area contributed by atoms with Crippen LogP contribution >= 0.6 is 0 Å². The molecule has 6 rings (SSSR count). The average Bonchev–Trinajstić information content (AvgIpc) is 3.57. The lowest BCUT2D eigenvalue weighted by Crippen LogP contribution is -2.15. The number of nitrogens with one attached hydrogen (secondary N) is 2. The van der Waals surface area contributed by atoms with Crippen LogP contribution in [0.5, 0.6) is 0 Å². The number of rotatable bonds is 6. The zero-order chi connectivity index (χ0) is 27.3. The first-order valence-electron chi connectivity index (χ1n) is 12.1. The Labute approximate surface area is 220 Å². The summed E-state index contributed by atoms with van der Waals surface area (Å²) in [6, 6.07) is 12.5. The molecule has 4 aromatic rings. The van der Waals surface area contributed by atoms with Crippen LogP contribution in [-0.2, 0) is 6.18 Å². The topological polar surface area (TPSA) is 114 Å². The number of nitrogens with zero attached hydrogens (tertiary/aromatic N) is 3. The van der Waals surface area contributed by atoms with Crippen LogP contribution in [0.4, 0.5) is 30.2 Å². The van der Waals surface area contributed by atoms with Gasteiger partial charge in [-0.3, -0.25) is 14.6 Å². The van der Waals surface area contributed by atoms with Crippen molar-refractivity contribution in [1.29, 1.82) is 0 Å². The number of carbonyl (C=O) groups excluding carboxylic acids is 2. The number of alkyl halides is 3. The number of aliphatic imine (C=N–C) groups is 1.